The van der Waals surface area contributed by atoms with E-state index in [4.69, 9.17) is 11.6 Å². The molecule has 0 aliphatic carbocycles. The second kappa shape index (κ2) is 7.26. The minimum Gasteiger partial charge on any atom is -0.310 e. The fourth-order valence-electron chi connectivity index (χ4n) is 2.28. The number of aryl methyl sites for hydroxylation is 1. The van der Waals surface area contributed by atoms with Crippen LogP contribution in [0.1, 0.15) is 29.7 Å². The SMILES string of the molecule is CCNC(Cc1ccc(C)cc1)c1cc(Br)ccc1Cl. The molecule has 0 aliphatic rings. The van der Waals surface area contributed by atoms with Crippen LogP contribution < -0.4 is 5.32 Å². The van der Waals surface area contributed by atoms with Crippen LogP contribution in [-0.4, -0.2) is 6.54 Å². The summed E-state index contributed by atoms with van der Waals surface area (Å²) in [6, 6.07) is 14.9. The molecule has 2 aromatic carbocycles. The van der Waals surface area contributed by atoms with E-state index in [1.165, 1.54) is 11.1 Å². The van der Waals surface area contributed by atoms with Crippen molar-refractivity contribution in [2.75, 3.05) is 6.54 Å². The highest BCUT2D eigenvalue weighted by Crippen LogP contribution is 2.28. The summed E-state index contributed by atoms with van der Waals surface area (Å²) >= 11 is 9.88. The quantitative estimate of drug-likeness (QED) is 0.769. The van der Waals surface area contributed by atoms with Gasteiger partial charge in [0, 0.05) is 15.5 Å². The van der Waals surface area contributed by atoms with Gasteiger partial charge in [0.15, 0.2) is 0 Å². The van der Waals surface area contributed by atoms with Gasteiger partial charge in [-0.15, -0.1) is 0 Å². The van der Waals surface area contributed by atoms with Gasteiger partial charge >= 0.3 is 0 Å². The standard InChI is InChI=1S/C17H19BrClN/c1-3-20-17(10-13-6-4-12(2)5-7-13)15-11-14(18)8-9-16(15)19/h4-9,11,17,20H,3,10H2,1-2H3. The zero-order valence-corrected chi connectivity index (χ0v) is 14.1. The molecule has 0 heterocycles. The Kier molecular flexibility index (Phi) is 5.64. The lowest BCUT2D eigenvalue weighted by Gasteiger charge is -2.20. The molecule has 1 N–H and O–H groups in total. The summed E-state index contributed by atoms with van der Waals surface area (Å²) in [5, 5.41) is 4.34. The molecule has 3 heteroatoms. The monoisotopic (exact) mass is 351 g/mol. The molecule has 0 spiro atoms. The predicted octanol–water partition coefficient (Wildman–Crippen LogP) is 5.30. The Bertz CT molecular complexity index is 566. The Labute approximate surface area is 134 Å². The van der Waals surface area contributed by atoms with Crippen LogP contribution in [-0.2, 0) is 6.42 Å². The van der Waals surface area contributed by atoms with Gasteiger partial charge in [-0.05, 0) is 49.2 Å². The van der Waals surface area contributed by atoms with E-state index in [1.807, 2.05) is 12.1 Å². The molecule has 0 amide bonds. The molecule has 0 aliphatic heterocycles. The number of hydrogen-bond acceptors (Lipinski definition) is 1. The molecule has 0 radical (unpaired) electrons. The summed E-state index contributed by atoms with van der Waals surface area (Å²) in [5.41, 5.74) is 3.75. The van der Waals surface area contributed by atoms with Crippen molar-refractivity contribution in [2.45, 2.75) is 26.3 Å². The van der Waals surface area contributed by atoms with Crippen molar-refractivity contribution in [2.24, 2.45) is 0 Å². The number of halogens is 2. The summed E-state index contributed by atoms with van der Waals surface area (Å²) in [5.74, 6) is 0. The van der Waals surface area contributed by atoms with Gasteiger partial charge in [0.1, 0.15) is 0 Å². The van der Waals surface area contributed by atoms with E-state index in [-0.39, 0.29) is 6.04 Å². The third kappa shape index (κ3) is 4.08. The number of likely N-dealkylation sites (N-methyl/N-ethyl adjacent to an activating group) is 1. The van der Waals surface area contributed by atoms with Gasteiger partial charge in [0.2, 0.25) is 0 Å². The van der Waals surface area contributed by atoms with E-state index >= 15 is 0 Å². The van der Waals surface area contributed by atoms with Crippen molar-refractivity contribution in [3.63, 3.8) is 0 Å². The van der Waals surface area contributed by atoms with Crippen molar-refractivity contribution in [1.82, 2.24) is 5.32 Å². The van der Waals surface area contributed by atoms with Gasteiger partial charge in [-0.3, -0.25) is 0 Å². The van der Waals surface area contributed by atoms with Crippen LogP contribution >= 0.6 is 27.5 Å². The molecule has 0 bridgehead atoms. The van der Waals surface area contributed by atoms with E-state index in [2.05, 4.69) is 65.4 Å². The summed E-state index contributed by atoms with van der Waals surface area (Å²) in [4.78, 5) is 0. The van der Waals surface area contributed by atoms with Crippen molar-refractivity contribution >= 4 is 27.5 Å². The largest absolute Gasteiger partial charge is 0.310 e. The number of hydrogen-bond donors (Lipinski definition) is 1. The molecular weight excluding hydrogens is 334 g/mol. The average molecular weight is 353 g/mol. The normalized spacial score (nSPS) is 12.4. The second-order valence-electron chi connectivity index (χ2n) is 4.97. The third-order valence-electron chi connectivity index (χ3n) is 3.34. The van der Waals surface area contributed by atoms with Crippen LogP contribution in [0.5, 0.6) is 0 Å². The number of benzene rings is 2. The Morgan fingerprint density at radius 1 is 1.15 bits per heavy atom. The number of nitrogens with one attached hydrogen (secondary N) is 1. The summed E-state index contributed by atoms with van der Waals surface area (Å²) in [7, 11) is 0. The Hall–Kier alpha value is -0.830. The molecule has 1 nitrogen and oxygen atoms in total. The molecule has 106 valence electrons. The highest BCUT2D eigenvalue weighted by Gasteiger charge is 2.15. The summed E-state index contributed by atoms with van der Waals surface area (Å²) < 4.78 is 1.06. The molecule has 1 unspecified atom stereocenters. The molecule has 1 atom stereocenters. The van der Waals surface area contributed by atoms with Gasteiger partial charge in [0.25, 0.3) is 0 Å². The van der Waals surface area contributed by atoms with Crippen LogP contribution in [0, 0.1) is 6.92 Å². The van der Waals surface area contributed by atoms with Crippen molar-refractivity contribution in [1.29, 1.82) is 0 Å². The lowest BCUT2D eigenvalue weighted by molar-refractivity contribution is 0.550. The van der Waals surface area contributed by atoms with Gasteiger partial charge in [0.05, 0.1) is 0 Å². The molecule has 0 fully saturated rings. The minimum absolute atomic E-state index is 0.229. The molecule has 0 saturated carbocycles. The topological polar surface area (TPSA) is 12.0 Å². The van der Waals surface area contributed by atoms with Crippen molar-refractivity contribution in [3.8, 4) is 0 Å². The molecule has 20 heavy (non-hydrogen) atoms. The summed E-state index contributed by atoms with van der Waals surface area (Å²) in [6.07, 6.45) is 0.935. The van der Waals surface area contributed by atoms with Crippen LogP contribution in [0.25, 0.3) is 0 Å². The summed E-state index contributed by atoms with van der Waals surface area (Å²) in [6.45, 7) is 5.14. The molecule has 2 rings (SSSR count). The van der Waals surface area contributed by atoms with E-state index in [0.717, 1.165) is 28.0 Å². The van der Waals surface area contributed by atoms with E-state index < -0.39 is 0 Å². The molecular formula is C17H19BrClN. The van der Waals surface area contributed by atoms with E-state index in [0.29, 0.717) is 0 Å². The lowest BCUT2D eigenvalue weighted by atomic mass is 9.98. The third-order valence-corrected chi connectivity index (χ3v) is 4.18. The highest BCUT2D eigenvalue weighted by molar-refractivity contribution is 9.10. The smallest absolute Gasteiger partial charge is 0.0454 e. The van der Waals surface area contributed by atoms with Gasteiger partial charge in [-0.1, -0.05) is 64.3 Å². The van der Waals surface area contributed by atoms with Crippen molar-refractivity contribution < 1.29 is 0 Å². The fourth-order valence-corrected chi connectivity index (χ4v) is 2.91. The predicted molar refractivity (Wildman–Crippen MR) is 90.5 cm³/mol. The van der Waals surface area contributed by atoms with Crippen molar-refractivity contribution in [3.05, 3.63) is 68.7 Å². The first-order chi connectivity index (χ1) is 9.60. The van der Waals surface area contributed by atoms with E-state index in [9.17, 15) is 0 Å². The van der Waals surface area contributed by atoms with Crippen LogP contribution in [0.4, 0.5) is 0 Å². The van der Waals surface area contributed by atoms with Gasteiger partial charge in [-0.25, -0.2) is 0 Å². The minimum atomic E-state index is 0.229. The highest BCUT2D eigenvalue weighted by atomic mass is 79.9. The maximum atomic E-state index is 6.36. The number of rotatable bonds is 5. The Morgan fingerprint density at radius 2 is 1.85 bits per heavy atom. The van der Waals surface area contributed by atoms with E-state index in [1.54, 1.807) is 0 Å². The molecule has 2 aromatic rings. The van der Waals surface area contributed by atoms with Crippen LogP contribution in [0.3, 0.4) is 0 Å². The maximum absolute atomic E-state index is 6.36. The molecule has 0 aromatic heterocycles. The Morgan fingerprint density at radius 3 is 2.50 bits per heavy atom. The molecule has 0 saturated heterocycles. The lowest BCUT2D eigenvalue weighted by Crippen LogP contribution is -2.23. The first-order valence-corrected chi connectivity index (χ1v) is 8.01. The second-order valence-corrected chi connectivity index (χ2v) is 6.29. The maximum Gasteiger partial charge on any atom is 0.0454 e. The van der Waals surface area contributed by atoms with Crippen LogP contribution in [0.2, 0.25) is 5.02 Å². The fraction of sp³-hybridized carbons (Fsp3) is 0.294. The van der Waals surface area contributed by atoms with Gasteiger partial charge < -0.3 is 5.32 Å². The zero-order valence-electron chi connectivity index (χ0n) is 11.8. The van der Waals surface area contributed by atoms with Gasteiger partial charge in [-0.2, -0.15) is 0 Å². The first-order valence-electron chi connectivity index (χ1n) is 6.84. The average Bonchev–Trinajstić information content (AvgIpc) is 2.43. The van der Waals surface area contributed by atoms with Crippen LogP contribution in [0.15, 0.2) is 46.9 Å². The Balaban J connectivity index is 2.26. The zero-order chi connectivity index (χ0) is 14.5. The first kappa shape index (κ1) is 15.6.